The van der Waals surface area contributed by atoms with Gasteiger partial charge in [0.05, 0.1) is 31.2 Å². The molecule has 10 heteroatoms. The van der Waals surface area contributed by atoms with Crippen LogP contribution >= 0.6 is 11.3 Å². The molecule has 1 aliphatic rings. The van der Waals surface area contributed by atoms with Crippen LogP contribution in [0, 0.1) is 0 Å². The number of carbonyl (C=O) groups excluding carboxylic acids is 2. The van der Waals surface area contributed by atoms with Crippen LogP contribution in [0.4, 0.5) is 10.8 Å². The Labute approximate surface area is 177 Å². The van der Waals surface area contributed by atoms with Gasteiger partial charge in [0.25, 0.3) is 5.91 Å². The van der Waals surface area contributed by atoms with Crippen molar-refractivity contribution >= 4 is 34.0 Å². The van der Waals surface area contributed by atoms with Crippen molar-refractivity contribution in [3.05, 3.63) is 59.1 Å². The highest BCUT2D eigenvalue weighted by molar-refractivity contribution is 7.15. The van der Waals surface area contributed by atoms with Crippen LogP contribution in [0.3, 0.4) is 0 Å². The summed E-state index contributed by atoms with van der Waals surface area (Å²) >= 11 is 1.41. The van der Waals surface area contributed by atoms with Crippen LogP contribution < -0.4 is 15.4 Å². The molecular weight excluding hydrogens is 404 g/mol. The molecule has 0 aliphatic carbocycles. The number of hydrogen-bond donors (Lipinski definition) is 2. The number of rotatable bonds is 6. The minimum atomic E-state index is -0.345. The van der Waals surface area contributed by atoms with Gasteiger partial charge in [-0.25, -0.2) is 9.97 Å². The fraction of sp³-hybridized carbons (Fsp3) is 0.250. The molecule has 0 fully saturated rings. The van der Waals surface area contributed by atoms with Gasteiger partial charge in [0, 0.05) is 36.8 Å². The fourth-order valence-corrected chi connectivity index (χ4v) is 4.20. The number of thiazole rings is 1. The van der Waals surface area contributed by atoms with Crippen LogP contribution in [0.25, 0.3) is 0 Å². The summed E-state index contributed by atoms with van der Waals surface area (Å²) in [6.07, 6.45) is 5.10. The van der Waals surface area contributed by atoms with Gasteiger partial charge < -0.3 is 10.1 Å². The molecular formula is C20H20N6O3S. The molecule has 0 atom stereocenters. The monoisotopic (exact) mass is 424 g/mol. The fourth-order valence-electron chi connectivity index (χ4n) is 3.16. The summed E-state index contributed by atoms with van der Waals surface area (Å²) in [5.74, 6) is 0.170. The second kappa shape index (κ2) is 8.97. The molecule has 0 unspecified atom stereocenters. The van der Waals surface area contributed by atoms with Gasteiger partial charge in [0.1, 0.15) is 11.4 Å². The van der Waals surface area contributed by atoms with Gasteiger partial charge in [0.15, 0.2) is 5.13 Å². The lowest BCUT2D eigenvalue weighted by molar-refractivity contribution is -0.117. The first-order valence-electron chi connectivity index (χ1n) is 9.33. The zero-order chi connectivity index (χ0) is 20.9. The number of carbonyl (C=O) groups is 2. The number of nitrogens with zero attached hydrogens (tertiary/aromatic N) is 4. The van der Waals surface area contributed by atoms with Crippen molar-refractivity contribution in [2.45, 2.75) is 13.0 Å². The second-order valence-electron chi connectivity index (χ2n) is 6.64. The molecule has 154 valence electrons. The van der Waals surface area contributed by atoms with Crippen LogP contribution in [-0.2, 0) is 17.8 Å². The van der Waals surface area contributed by atoms with E-state index in [1.165, 1.54) is 29.9 Å². The number of anilines is 2. The van der Waals surface area contributed by atoms with Crippen LogP contribution in [0.2, 0.25) is 0 Å². The van der Waals surface area contributed by atoms with E-state index in [0.717, 1.165) is 17.0 Å². The Hall–Kier alpha value is -3.37. The third-order valence-electron chi connectivity index (χ3n) is 4.57. The van der Waals surface area contributed by atoms with Crippen molar-refractivity contribution in [2.24, 2.45) is 0 Å². The Morgan fingerprint density at radius 1 is 1.23 bits per heavy atom. The topological polar surface area (TPSA) is 109 Å². The standard InChI is InChI=1S/C20H20N6O3S/c1-29-16-5-3-2-4-13(16)23-18(27)12-26-9-6-14-17(11-26)30-20(24-14)25-19(28)15-10-21-7-8-22-15/h2-5,7-8,10H,6,9,11-12H2,1H3,(H,23,27)(H,24,25,28). The molecule has 1 aromatic carbocycles. The summed E-state index contributed by atoms with van der Waals surface area (Å²) in [6, 6.07) is 7.31. The van der Waals surface area contributed by atoms with Crippen molar-refractivity contribution in [3.8, 4) is 5.75 Å². The number of fused-ring (bicyclic) bond motifs is 1. The zero-order valence-electron chi connectivity index (χ0n) is 16.3. The number of aromatic nitrogens is 3. The van der Waals surface area contributed by atoms with Gasteiger partial charge >= 0.3 is 0 Å². The van der Waals surface area contributed by atoms with E-state index in [1.54, 1.807) is 19.2 Å². The first-order chi connectivity index (χ1) is 14.6. The van der Waals surface area contributed by atoms with Crippen molar-refractivity contribution in [1.29, 1.82) is 0 Å². The van der Waals surface area contributed by atoms with Gasteiger partial charge in [-0.15, -0.1) is 11.3 Å². The summed E-state index contributed by atoms with van der Waals surface area (Å²) in [4.78, 5) is 40.2. The van der Waals surface area contributed by atoms with E-state index in [2.05, 4.69) is 30.5 Å². The van der Waals surface area contributed by atoms with Crippen LogP contribution in [-0.4, -0.2) is 51.9 Å². The van der Waals surface area contributed by atoms with E-state index in [1.807, 2.05) is 12.1 Å². The maximum Gasteiger partial charge on any atom is 0.277 e. The van der Waals surface area contributed by atoms with Gasteiger partial charge in [-0.3, -0.25) is 24.8 Å². The molecule has 0 saturated heterocycles. The van der Waals surface area contributed by atoms with Crippen LogP contribution in [0.5, 0.6) is 5.75 Å². The highest BCUT2D eigenvalue weighted by Gasteiger charge is 2.23. The number of para-hydroxylation sites is 2. The van der Waals surface area contributed by atoms with E-state index in [-0.39, 0.29) is 24.1 Å². The van der Waals surface area contributed by atoms with Gasteiger partial charge in [0.2, 0.25) is 5.91 Å². The Balaban J connectivity index is 1.36. The lowest BCUT2D eigenvalue weighted by atomic mass is 10.2. The molecule has 30 heavy (non-hydrogen) atoms. The molecule has 4 rings (SSSR count). The summed E-state index contributed by atoms with van der Waals surface area (Å²) in [5, 5.41) is 6.19. The summed E-state index contributed by atoms with van der Waals surface area (Å²) in [6.45, 7) is 1.58. The SMILES string of the molecule is COc1ccccc1NC(=O)CN1CCc2nc(NC(=O)c3cnccn3)sc2C1. The van der Waals surface area contributed by atoms with Crippen LogP contribution in [0.15, 0.2) is 42.9 Å². The number of benzene rings is 1. The minimum Gasteiger partial charge on any atom is -0.495 e. The summed E-state index contributed by atoms with van der Waals surface area (Å²) in [5.41, 5.74) is 1.84. The van der Waals surface area contributed by atoms with Crippen molar-refractivity contribution in [1.82, 2.24) is 19.9 Å². The number of amides is 2. The van der Waals surface area contributed by atoms with E-state index < -0.39 is 0 Å². The predicted octanol–water partition coefficient (Wildman–Crippen LogP) is 2.19. The highest BCUT2D eigenvalue weighted by atomic mass is 32.1. The number of methoxy groups -OCH3 is 1. The van der Waals surface area contributed by atoms with Gasteiger partial charge in [-0.1, -0.05) is 12.1 Å². The van der Waals surface area contributed by atoms with E-state index in [9.17, 15) is 9.59 Å². The van der Waals surface area contributed by atoms with E-state index >= 15 is 0 Å². The maximum atomic E-state index is 12.5. The lowest BCUT2D eigenvalue weighted by Crippen LogP contribution is -2.36. The highest BCUT2D eigenvalue weighted by Crippen LogP contribution is 2.29. The third kappa shape index (κ3) is 4.61. The average molecular weight is 424 g/mol. The molecule has 0 saturated carbocycles. The molecule has 3 aromatic rings. The van der Waals surface area contributed by atoms with Crippen molar-refractivity contribution in [3.63, 3.8) is 0 Å². The Kier molecular flexibility index (Phi) is 5.96. The van der Waals surface area contributed by atoms with Crippen molar-refractivity contribution in [2.75, 3.05) is 30.8 Å². The molecule has 2 N–H and O–H groups in total. The molecule has 1 aliphatic heterocycles. The summed E-state index contributed by atoms with van der Waals surface area (Å²) in [7, 11) is 1.57. The molecule has 2 aromatic heterocycles. The second-order valence-corrected chi connectivity index (χ2v) is 7.73. The Morgan fingerprint density at radius 2 is 2.10 bits per heavy atom. The molecule has 0 bridgehead atoms. The molecule has 0 spiro atoms. The maximum absolute atomic E-state index is 12.5. The lowest BCUT2D eigenvalue weighted by Gasteiger charge is -2.25. The number of hydrogen-bond acceptors (Lipinski definition) is 8. The number of ether oxygens (including phenoxy) is 1. The van der Waals surface area contributed by atoms with E-state index in [4.69, 9.17) is 4.74 Å². The largest absolute Gasteiger partial charge is 0.495 e. The van der Waals surface area contributed by atoms with Crippen molar-refractivity contribution < 1.29 is 14.3 Å². The molecule has 2 amide bonds. The third-order valence-corrected chi connectivity index (χ3v) is 5.57. The van der Waals surface area contributed by atoms with Gasteiger partial charge in [-0.2, -0.15) is 0 Å². The number of nitrogens with one attached hydrogen (secondary N) is 2. The smallest absolute Gasteiger partial charge is 0.277 e. The Morgan fingerprint density at radius 3 is 2.90 bits per heavy atom. The minimum absolute atomic E-state index is 0.108. The first-order valence-corrected chi connectivity index (χ1v) is 10.1. The van der Waals surface area contributed by atoms with Crippen LogP contribution in [0.1, 0.15) is 21.1 Å². The molecule has 9 nitrogen and oxygen atoms in total. The zero-order valence-corrected chi connectivity index (χ0v) is 17.1. The predicted molar refractivity (Wildman–Crippen MR) is 113 cm³/mol. The Bertz CT molecular complexity index is 1060. The molecule has 0 radical (unpaired) electrons. The molecule has 3 heterocycles. The quantitative estimate of drug-likeness (QED) is 0.624. The van der Waals surface area contributed by atoms with E-state index in [0.29, 0.717) is 29.7 Å². The van der Waals surface area contributed by atoms with Gasteiger partial charge in [-0.05, 0) is 12.1 Å². The normalized spacial score (nSPS) is 13.4. The average Bonchev–Trinajstić information content (AvgIpc) is 3.16. The summed E-state index contributed by atoms with van der Waals surface area (Å²) < 4.78 is 5.27. The first kappa shape index (κ1) is 19.9.